The first-order valence-electron chi connectivity index (χ1n) is 12.1. The first-order chi connectivity index (χ1) is 17.2. The van der Waals surface area contributed by atoms with E-state index in [1.807, 2.05) is 6.92 Å². The van der Waals surface area contributed by atoms with Crippen molar-refractivity contribution in [1.82, 2.24) is 5.32 Å². The Balaban J connectivity index is 1.63. The average molecular weight is 532 g/mol. The van der Waals surface area contributed by atoms with E-state index in [0.717, 1.165) is 5.56 Å². The van der Waals surface area contributed by atoms with Gasteiger partial charge in [-0.05, 0) is 72.1 Å². The first-order valence-corrected chi connectivity index (χ1v) is 12.1. The number of carbonyl (C=O) groups excluding carboxylic acids is 1. The molecule has 10 heteroatoms. The van der Waals surface area contributed by atoms with E-state index in [2.05, 4.69) is 12.2 Å². The maximum Gasteiger partial charge on any atom is 0.416 e. The van der Waals surface area contributed by atoms with Gasteiger partial charge in [0.15, 0.2) is 0 Å². The Morgan fingerprint density at radius 1 is 1.00 bits per heavy atom. The summed E-state index contributed by atoms with van der Waals surface area (Å²) >= 11 is 0. The second-order valence-electron chi connectivity index (χ2n) is 10.4. The van der Waals surface area contributed by atoms with Crippen LogP contribution < -0.4 is 5.32 Å². The van der Waals surface area contributed by atoms with Crippen molar-refractivity contribution in [3.05, 3.63) is 70.5 Å². The number of hydrogen-bond donors (Lipinski definition) is 1. The second kappa shape index (κ2) is 9.93. The molecule has 1 saturated heterocycles. The summed E-state index contributed by atoms with van der Waals surface area (Å²) in [6.45, 7) is 3.91. The van der Waals surface area contributed by atoms with E-state index in [0.29, 0.717) is 37.9 Å². The molecule has 0 spiro atoms. The van der Waals surface area contributed by atoms with Crippen molar-refractivity contribution >= 4 is 5.91 Å². The summed E-state index contributed by atoms with van der Waals surface area (Å²) in [5.74, 6) is -0.894. The molecule has 1 aliphatic heterocycles. The Hall–Kier alpha value is -2.62. The summed E-state index contributed by atoms with van der Waals surface area (Å²) in [6, 6.07) is 7.35. The maximum absolute atomic E-state index is 13.7. The highest BCUT2D eigenvalue weighted by atomic mass is 19.4. The molecule has 0 bridgehead atoms. The van der Waals surface area contributed by atoms with Gasteiger partial charge in [0, 0.05) is 18.4 Å². The highest BCUT2D eigenvalue weighted by Gasteiger charge is 2.52. The number of carbonyl (C=O) groups is 1. The summed E-state index contributed by atoms with van der Waals surface area (Å²) in [4.78, 5) is 12.0. The van der Waals surface area contributed by atoms with Gasteiger partial charge in [0.2, 0.25) is 5.91 Å². The van der Waals surface area contributed by atoms with Crippen molar-refractivity contribution in [2.75, 3.05) is 6.54 Å². The normalized spacial score (nSPS) is 28.8. The molecule has 0 unspecified atom stereocenters. The van der Waals surface area contributed by atoms with Crippen molar-refractivity contribution in [1.29, 1.82) is 0 Å². The number of alkyl halides is 6. The monoisotopic (exact) mass is 531 g/mol. The van der Waals surface area contributed by atoms with Gasteiger partial charge in [-0.2, -0.15) is 26.3 Å². The molecule has 4 rings (SSSR count). The average Bonchev–Trinajstić information content (AvgIpc) is 3.16. The number of amides is 1. The van der Waals surface area contributed by atoms with Gasteiger partial charge >= 0.3 is 12.4 Å². The van der Waals surface area contributed by atoms with Crippen LogP contribution in [0.1, 0.15) is 61.3 Å². The molecule has 1 heterocycles. The van der Waals surface area contributed by atoms with Crippen molar-refractivity contribution in [2.45, 2.75) is 64.1 Å². The number of rotatable bonds is 5. The molecule has 5 atom stereocenters. The van der Waals surface area contributed by atoms with Gasteiger partial charge in [-0.3, -0.25) is 4.79 Å². The molecule has 2 aromatic carbocycles. The summed E-state index contributed by atoms with van der Waals surface area (Å²) in [6.07, 6.45) is -8.59. The highest BCUT2D eigenvalue weighted by molar-refractivity contribution is 5.79. The molecule has 37 heavy (non-hydrogen) atoms. The lowest BCUT2D eigenvalue weighted by molar-refractivity contribution is -0.143. The van der Waals surface area contributed by atoms with Gasteiger partial charge in [0.05, 0.1) is 23.8 Å². The largest absolute Gasteiger partial charge is 0.416 e. The fourth-order valence-electron chi connectivity index (χ4n) is 5.93. The number of piperidine rings is 1. The highest BCUT2D eigenvalue weighted by Crippen LogP contribution is 2.56. The molecule has 202 valence electrons. The molecule has 1 amide bonds. The molecule has 1 saturated carbocycles. The van der Waals surface area contributed by atoms with Crippen molar-refractivity contribution in [3.63, 3.8) is 0 Å². The van der Waals surface area contributed by atoms with Gasteiger partial charge in [0.25, 0.3) is 0 Å². The van der Waals surface area contributed by atoms with Gasteiger partial charge < -0.3 is 10.1 Å². The van der Waals surface area contributed by atoms with Crippen LogP contribution in [0.15, 0.2) is 42.5 Å². The third-order valence-corrected chi connectivity index (χ3v) is 7.93. The van der Waals surface area contributed by atoms with E-state index in [1.54, 1.807) is 12.1 Å². The zero-order valence-corrected chi connectivity index (χ0v) is 20.3. The Morgan fingerprint density at radius 2 is 1.59 bits per heavy atom. The molecule has 3 nitrogen and oxygen atoms in total. The molecule has 0 aromatic heterocycles. The lowest BCUT2D eigenvalue weighted by Crippen LogP contribution is -2.47. The Labute approximate surface area is 210 Å². The predicted molar refractivity (Wildman–Crippen MR) is 122 cm³/mol. The third-order valence-electron chi connectivity index (χ3n) is 7.93. The Morgan fingerprint density at radius 3 is 2.14 bits per heavy atom. The molecule has 2 aromatic rings. The Kier molecular flexibility index (Phi) is 7.35. The van der Waals surface area contributed by atoms with Crippen LogP contribution in [0, 0.1) is 23.1 Å². The number of halogens is 7. The lowest BCUT2D eigenvalue weighted by Gasteiger charge is -2.44. The van der Waals surface area contributed by atoms with Crippen molar-refractivity contribution in [2.24, 2.45) is 17.3 Å². The first kappa shape index (κ1) is 27.4. The third kappa shape index (κ3) is 5.78. The minimum atomic E-state index is -4.94. The topological polar surface area (TPSA) is 38.3 Å². The predicted octanol–water partition coefficient (Wildman–Crippen LogP) is 7.10. The summed E-state index contributed by atoms with van der Waals surface area (Å²) < 4.78 is 99.5. The van der Waals surface area contributed by atoms with Crippen molar-refractivity contribution in [3.8, 4) is 0 Å². The minimum Gasteiger partial charge on any atom is -0.373 e. The number of hydrogen-bond acceptors (Lipinski definition) is 2. The number of benzene rings is 2. The van der Waals surface area contributed by atoms with E-state index < -0.39 is 47.4 Å². The van der Waals surface area contributed by atoms with Crippen LogP contribution in [0.2, 0.25) is 0 Å². The van der Waals surface area contributed by atoms with E-state index in [1.165, 1.54) is 12.1 Å². The van der Waals surface area contributed by atoms with Crippen LogP contribution in [0.3, 0.4) is 0 Å². The van der Waals surface area contributed by atoms with E-state index >= 15 is 0 Å². The van der Waals surface area contributed by atoms with Crippen LogP contribution in [0.25, 0.3) is 0 Å². The molecule has 0 radical (unpaired) electrons. The lowest BCUT2D eigenvalue weighted by atomic mass is 9.63. The number of nitrogens with one attached hydrogen (secondary N) is 1. The molecule has 2 fully saturated rings. The van der Waals surface area contributed by atoms with Crippen LogP contribution in [0.5, 0.6) is 0 Å². The van der Waals surface area contributed by atoms with Crippen LogP contribution in [0.4, 0.5) is 30.7 Å². The van der Waals surface area contributed by atoms with Gasteiger partial charge in [-0.1, -0.05) is 26.0 Å². The smallest absolute Gasteiger partial charge is 0.373 e. The Bertz CT molecular complexity index is 1100. The van der Waals surface area contributed by atoms with E-state index in [-0.39, 0.29) is 35.3 Å². The van der Waals surface area contributed by atoms with Gasteiger partial charge in [0.1, 0.15) is 5.82 Å². The van der Waals surface area contributed by atoms with Crippen molar-refractivity contribution < 1.29 is 40.3 Å². The fraction of sp³-hybridized carbons (Fsp3) is 0.519. The van der Waals surface area contributed by atoms with E-state index in [4.69, 9.17) is 4.74 Å². The summed E-state index contributed by atoms with van der Waals surface area (Å²) in [5, 5.41) is 2.93. The molecule has 1 N–H and O–H groups in total. The molecular weight excluding hydrogens is 503 g/mol. The fourth-order valence-corrected chi connectivity index (χ4v) is 5.93. The SMILES string of the molecule is C[C@@H]1C[C@H]([C@]2(C)CC[C@H](OCc3cc(C(F)(F)F)cc(C(F)(F)F)c3)[C@H]2c2ccc(F)cc2)CNC1=O. The molecule has 2 aliphatic rings. The maximum atomic E-state index is 13.7. The van der Waals surface area contributed by atoms with Gasteiger partial charge in [-0.15, -0.1) is 0 Å². The molecule has 1 aliphatic carbocycles. The second-order valence-corrected chi connectivity index (χ2v) is 10.4. The minimum absolute atomic E-state index is 0.0333. The standard InChI is InChI=1S/C27H28F7NO2/c1-15-9-20(13-35-24(15)36)25(2)8-7-22(23(25)17-3-5-21(28)6-4-17)37-14-16-10-18(26(29,30)31)12-19(11-16)27(32,33)34/h3-6,10-12,15,20,22-23H,7-9,13-14H2,1-2H3,(H,35,36)/t15-,20+,22+,23-,25+/m1/s1. The van der Waals surface area contributed by atoms with E-state index in [9.17, 15) is 35.5 Å². The zero-order valence-electron chi connectivity index (χ0n) is 20.3. The van der Waals surface area contributed by atoms with Crippen LogP contribution in [-0.4, -0.2) is 18.6 Å². The molecular formula is C27H28F7NO2. The van der Waals surface area contributed by atoms with Crippen LogP contribution >= 0.6 is 0 Å². The summed E-state index contributed by atoms with van der Waals surface area (Å²) in [7, 11) is 0. The number of ether oxygens (including phenoxy) is 1. The zero-order chi connectivity index (χ0) is 27.2. The summed E-state index contributed by atoms with van der Waals surface area (Å²) in [5.41, 5.74) is -2.63. The van der Waals surface area contributed by atoms with Crippen LogP contribution in [-0.2, 0) is 28.5 Å². The quantitative estimate of drug-likeness (QED) is 0.418. The van der Waals surface area contributed by atoms with Gasteiger partial charge in [-0.25, -0.2) is 4.39 Å².